The highest BCUT2D eigenvalue weighted by Gasteiger charge is 2.15. The van der Waals surface area contributed by atoms with E-state index in [9.17, 15) is 8.42 Å². The Morgan fingerprint density at radius 3 is 2.78 bits per heavy atom. The summed E-state index contributed by atoms with van der Waals surface area (Å²) in [7, 11) is -2.87. The molecule has 0 aliphatic rings. The highest BCUT2D eigenvalue weighted by molar-refractivity contribution is 7.91. The summed E-state index contributed by atoms with van der Waals surface area (Å²) < 4.78 is 26.7. The number of hydrogen-bond donors (Lipinski definition) is 1. The summed E-state index contributed by atoms with van der Waals surface area (Å²) in [6.45, 7) is 4.69. The number of rotatable bonds is 9. The molecular weight excluding hydrogens is 270 g/mol. The third-order valence-electron chi connectivity index (χ3n) is 2.76. The molecule has 1 aromatic rings. The lowest BCUT2D eigenvalue weighted by atomic mass is 10.1. The van der Waals surface area contributed by atoms with Crippen LogP contribution in [0.4, 0.5) is 0 Å². The maximum atomic E-state index is 11.4. The molecule has 0 aromatic carbocycles. The van der Waals surface area contributed by atoms with E-state index in [0.29, 0.717) is 6.42 Å². The van der Waals surface area contributed by atoms with Crippen LogP contribution in [0.15, 0.2) is 5.38 Å². The highest BCUT2D eigenvalue weighted by Crippen LogP contribution is 2.17. The zero-order valence-corrected chi connectivity index (χ0v) is 12.6. The summed E-state index contributed by atoms with van der Waals surface area (Å²) in [6, 6.07) is 0.121. The molecule has 1 unspecified atom stereocenters. The van der Waals surface area contributed by atoms with Gasteiger partial charge in [-0.3, -0.25) is 0 Å². The maximum absolute atomic E-state index is 11.4. The highest BCUT2D eigenvalue weighted by atomic mass is 32.2. The summed E-state index contributed by atoms with van der Waals surface area (Å²) in [4.78, 5) is 0. The minimum atomic E-state index is -2.87. The third-order valence-corrected chi connectivity index (χ3v) is 5.08. The van der Waals surface area contributed by atoms with Crippen LogP contribution in [0.2, 0.25) is 0 Å². The van der Waals surface area contributed by atoms with Crippen molar-refractivity contribution in [3.8, 4) is 0 Å². The zero-order valence-electron chi connectivity index (χ0n) is 10.9. The van der Waals surface area contributed by atoms with Crippen LogP contribution in [-0.4, -0.2) is 36.1 Å². The number of nitrogens with zero attached hydrogens (tertiary/aromatic N) is 2. The van der Waals surface area contributed by atoms with Crippen LogP contribution in [0, 0.1) is 0 Å². The fourth-order valence-electron chi connectivity index (χ4n) is 1.65. The van der Waals surface area contributed by atoms with E-state index in [-0.39, 0.29) is 17.5 Å². The first-order valence-electron chi connectivity index (χ1n) is 6.29. The van der Waals surface area contributed by atoms with Gasteiger partial charge in [-0.2, -0.15) is 0 Å². The first-order chi connectivity index (χ1) is 8.59. The van der Waals surface area contributed by atoms with Crippen LogP contribution in [0.1, 0.15) is 44.8 Å². The number of hydrogen-bond acceptors (Lipinski definition) is 6. The van der Waals surface area contributed by atoms with Gasteiger partial charge in [-0.1, -0.05) is 18.3 Å². The Hall–Kier alpha value is -0.530. The lowest BCUT2D eigenvalue weighted by Gasteiger charge is -2.15. The molecule has 1 atom stereocenters. The van der Waals surface area contributed by atoms with E-state index in [1.807, 2.05) is 5.38 Å². The summed E-state index contributed by atoms with van der Waals surface area (Å²) in [5.41, 5.74) is 0.919. The minimum Gasteiger partial charge on any atom is -0.309 e. The van der Waals surface area contributed by atoms with E-state index in [4.69, 9.17) is 0 Å². The second kappa shape index (κ2) is 7.81. The van der Waals surface area contributed by atoms with Gasteiger partial charge in [0.25, 0.3) is 0 Å². The largest absolute Gasteiger partial charge is 0.309 e. The van der Waals surface area contributed by atoms with Gasteiger partial charge in [-0.25, -0.2) is 8.42 Å². The first kappa shape index (κ1) is 15.5. The van der Waals surface area contributed by atoms with Gasteiger partial charge < -0.3 is 5.32 Å². The van der Waals surface area contributed by atoms with Crippen molar-refractivity contribution in [3.63, 3.8) is 0 Å². The van der Waals surface area contributed by atoms with E-state index >= 15 is 0 Å². The van der Waals surface area contributed by atoms with Crippen molar-refractivity contribution in [2.75, 3.05) is 18.1 Å². The standard InChI is InChI=1S/C11H21N3O2S2/c1-3-7-12-10(11-9-17-14-13-11)6-5-8-18(15,16)4-2/h9-10,12H,3-8H2,1-2H3. The molecule has 18 heavy (non-hydrogen) atoms. The molecule has 0 bridgehead atoms. The average molecular weight is 291 g/mol. The molecule has 0 aliphatic carbocycles. The number of sulfone groups is 1. The Balaban J connectivity index is 2.47. The van der Waals surface area contributed by atoms with Crippen molar-refractivity contribution >= 4 is 21.4 Å². The molecule has 104 valence electrons. The van der Waals surface area contributed by atoms with Gasteiger partial charge in [0.1, 0.15) is 9.84 Å². The molecule has 0 amide bonds. The predicted octanol–water partition coefficient (Wildman–Crippen LogP) is 1.79. The van der Waals surface area contributed by atoms with Gasteiger partial charge in [-0.15, -0.1) is 5.10 Å². The Kier molecular flexibility index (Phi) is 6.73. The van der Waals surface area contributed by atoms with Gasteiger partial charge in [0.05, 0.1) is 17.5 Å². The fraction of sp³-hybridized carbons (Fsp3) is 0.818. The molecule has 1 rings (SSSR count). The molecule has 0 aliphatic heterocycles. The molecule has 1 aromatic heterocycles. The van der Waals surface area contributed by atoms with Crippen molar-refractivity contribution in [2.45, 2.75) is 39.2 Å². The van der Waals surface area contributed by atoms with E-state index in [0.717, 1.165) is 25.1 Å². The quantitative estimate of drug-likeness (QED) is 0.751. The van der Waals surface area contributed by atoms with Gasteiger partial charge in [0, 0.05) is 11.1 Å². The van der Waals surface area contributed by atoms with E-state index in [2.05, 4.69) is 21.8 Å². The Morgan fingerprint density at radius 1 is 1.44 bits per heavy atom. The van der Waals surface area contributed by atoms with Crippen molar-refractivity contribution in [3.05, 3.63) is 11.1 Å². The number of aromatic nitrogens is 2. The molecule has 0 fully saturated rings. The minimum absolute atomic E-state index is 0.121. The SMILES string of the molecule is CCCNC(CCCS(=O)(=O)CC)c1csnn1. The van der Waals surface area contributed by atoms with Crippen LogP contribution in [0.25, 0.3) is 0 Å². The topological polar surface area (TPSA) is 72.0 Å². The fourth-order valence-corrected chi connectivity index (χ4v) is 3.05. The normalized spacial score (nSPS) is 13.7. The molecule has 1 heterocycles. The van der Waals surface area contributed by atoms with E-state index in [1.165, 1.54) is 11.5 Å². The summed E-state index contributed by atoms with van der Waals surface area (Å²) in [6.07, 6.45) is 2.49. The Bertz CT molecular complexity index is 418. The second-order valence-electron chi connectivity index (χ2n) is 4.22. The molecule has 5 nitrogen and oxygen atoms in total. The molecule has 0 spiro atoms. The van der Waals surface area contributed by atoms with Crippen molar-refractivity contribution in [1.82, 2.24) is 14.9 Å². The molecule has 0 saturated heterocycles. The van der Waals surface area contributed by atoms with Gasteiger partial charge >= 0.3 is 0 Å². The van der Waals surface area contributed by atoms with Crippen LogP contribution >= 0.6 is 11.5 Å². The summed E-state index contributed by atoms with van der Waals surface area (Å²) in [5.74, 6) is 0.476. The molecule has 1 N–H and O–H groups in total. The lowest BCUT2D eigenvalue weighted by molar-refractivity contribution is 0.481. The zero-order chi connectivity index (χ0) is 13.4. The monoisotopic (exact) mass is 291 g/mol. The second-order valence-corrected chi connectivity index (χ2v) is 7.30. The van der Waals surface area contributed by atoms with Crippen LogP contribution in [0.3, 0.4) is 0 Å². The van der Waals surface area contributed by atoms with Crippen LogP contribution < -0.4 is 5.32 Å². The summed E-state index contributed by atoms with van der Waals surface area (Å²) in [5, 5.41) is 9.37. The van der Waals surface area contributed by atoms with Gasteiger partial charge in [0.2, 0.25) is 0 Å². The number of nitrogens with one attached hydrogen (secondary N) is 1. The third kappa shape index (κ3) is 5.41. The molecular formula is C11H21N3O2S2. The Morgan fingerprint density at radius 2 is 2.22 bits per heavy atom. The van der Waals surface area contributed by atoms with Crippen molar-refractivity contribution < 1.29 is 8.42 Å². The maximum Gasteiger partial charge on any atom is 0.150 e. The average Bonchev–Trinajstić information content (AvgIpc) is 2.87. The van der Waals surface area contributed by atoms with Gasteiger partial charge in [0.15, 0.2) is 0 Å². The van der Waals surface area contributed by atoms with Crippen molar-refractivity contribution in [1.29, 1.82) is 0 Å². The smallest absolute Gasteiger partial charge is 0.150 e. The van der Waals surface area contributed by atoms with Crippen LogP contribution in [0.5, 0.6) is 0 Å². The molecule has 7 heteroatoms. The van der Waals surface area contributed by atoms with E-state index < -0.39 is 9.84 Å². The van der Waals surface area contributed by atoms with Crippen LogP contribution in [-0.2, 0) is 9.84 Å². The van der Waals surface area contributed by atoms with Crippen molar-refractivity contribution in [2.24, 2.45) is 0 Å². The predicted molar refractivity (Wildman–Crippen MR) is 74.5 cm³/mol. The molecule has 0 radical (unpaired) electrons. The van der Waals surface area contributed by atoms with E-state index in [1.54, 1.807) is 6.92 Å². The van der Waals surface area contributed by atoms with Gasteiger partial charge in [-0.05, 0) is 37.3 Å². The lowest BCUT2D eigenvalue weighted by Crippen LogP contribution is -2.23. The summed E-state index contributed by atoms with van der Waals surface area (Å²) >= 11 is 1.33. The molecule has 0 saturated carbocycles. The first-order valence-corrected chi connectivity index (χ1v) is 8.95. The Labute approximate surface area is 113 Å².